The van der Waals surface area contributed by atoms with E-state index in [0.29, 0.717) is 37.9 Å². The molecule has 1 aromatic heterocycles. The smallest absolute Gasteiger partial charge is 0.274 e. The van der Waals surface area contributed by atoms with Gasteiger partial charge in [0.25, 0.3) is 5.91 Å². The van der Waals surface area contributed by atoms with Crippen LogP contribution in [0.3, 0.4) is 0 Å². The topological polar surface area (TPSA) is 87.7 Å². The number of hydrogen-bond acceptors (Lipinski definition) is 6. The Balaban J connectivity index is 1.40. The van der Waals surface area contributed by atoms with Crippen molar-refractivity contribution in [3.63, 3.8) is 0 Å². The average molecular weight is 359 g/mol. The second-order valence-corrected chi connectivity index (χ2v) is 7.70. The van der Waals surface area contributed by atoms with Gasteiger partial charge in [0.2, 0.25) is 5.91 Å². The fourth-order valence-corrected chi connectivity index (χ4v) is 3.77. The molecule has 2 amide bonds. The highest BCUT2D eigenvalue weighted by molar-refractivity contribution is 5.92. The standard InChI is InChI=1S/C18H25N5O3/c1-12-5-21-14(6-20-12)17(25)23-10-18(11-23)9-22(7-13-3-4-13)15(8-26-18)16(24)19-2/h5-6,13,15H,3-4,7-11H2,1-2H3,(H,19,24)/t15-/m0/s1. The van der Waals surface area contributed by atoms with Crippen LogP contribution >= 0.6 is 0 Å². The highest BCUT2D eigenvalue weighted by Gasteiger charge is 2.52. The third-order valence-corrected chi connectivity index (χ3v) is 5.46. The Kier molecular flexibility index (Phi) is 4.40. The maximum absolute atomic E-state index is 12.5. The van der Waals surface area contributed by atoms with Crippen molar-refractivity contribution >= 4 is 11.8 Å². The van der Waals surface area contributed by atoms with Gasteiger partial charge in [0.1, 0.15) is 17.3 Å². The van der Waals surface area contributed by atoms with Gasteiger partial charge in [0.15, 0.2) is 0 Å². The van der Waals surface area contributed by atoms with Crippen LogP contribution in [-0.4, -0.2) is 83.1 Å². The molecule has 8 heteroatoms. The molecule has 140 valence electrons. The number of carbonyl (C=O) groups is 2. The van der Waals surface area contributed by atoms with Crippen LogP contribution in [0.5, 0.6) is 0 Å². The van der Waals surface area contributed by atoms with E-state index in [0.717, 1.165) is 12.2 Å². The van der Waals surface area contributed by atoms with Crippen LogP contribution in [0, 0.1) is 12.8 Å². The van der Waals surface area contributed by atoms with Gasteiger partial charge in [-0.3, -0.25) is 19.5 Å². The summed E-state index contributed by atoms with van der Waals surface area (Å²) in [5.74, 6) is 0.578. The van der Waals surface area contributed by atoms with Crippen molar-refractivity contribution in [2.45, 2.75) is 31.4 Å². The molecule has 0 unspecified atom stereocenters. The van der Waals surface area contributed by atoms with E-state index in [1.807, 2.05) is 6.92 Å². The molecular weight excluding hydrogens is 334 g/mol. The Morgan fingerprint density at radius 3 is 2.65 bits per heavy atom. The lowest BCUT2D eigenvalue weighted by atomic mass is 9.89. The lowest BCUT2D eigenvalue weighted by Gasteiger charge is -2.55. The molecule has 1 atom stereocenters. The van der Waals surface area contributed by atoms with Gasteiger partial charge in [-0.25, -0.2) is 4.98 Å². The van der Waals surface area contributed by atoms with Gasteiger partial charge < -0.3 is 15.0 Å². The number of hydrogen-bond donors (Lipinski definition) is 1. The number of aromatic nitrogens is 2. The summed E-state index contributed by atoms with van der Waals surface area (Å²) < 4.78 is 6.07. The monoisotopic (exact) mass is 359 g/mol. The first-order valence-electron chi connectivity index (χ1n) is 9.17. The minimum absolute atomic E-state index is 0.00249. The van der Waals surface area contributed by atoms with E-state index in [1.165, 1.54) is 19.0 Å². The number of nitrogens with one attached hydrogen (secondary N) is 1. The third-order valence-electron chi connectivity index (χ3n) is 5.46. The first-order chi connectivity index (χ1) is 12.5. The number of carbonyl (C=O) groups excluding carboxylic acids is 2. The Morgan fingerprint density at radius 2 is 2.04 bits per heavy atom. The lowest BCUT2D eigenvalue weighted by molar-refractivity contribution is -0.191. The lowest BCUT2D eigenvalue weighted by Crippen LogP contribution is -2.73. The van der Waals surface area contributed by atoms with Crippen molar-refractivity contribution in [2.75, 3.05) is 39.8 Å². The van der Waals surface area contributed by atoms with E-state index in [1.54, 1.807) is 18.1 Å². The maximum atomic E-state index is 12.5. The molecule has 3 fully saturated rings. The van der Waals surface area contributed by atoms with Crippen molar-refractivity contribution < 1.29 is 14.3 Å². The van der Waals surface area contributed by atoms with Gasteiger partial charge in [-0.2, -0.15) is 0 Å². The van der Waals surface area contributed by atoms with Gasteiger partial charge in [-0.05, 0) is 25.7 Å². The summed E-state index contributed by atoms with van der Waals surface area (Å²) in [6.45, 7) is 4.89. The summed E-state index contributed by atoms with van der Waals surface area (Å²) in [6.07, 6.45) is 5.60. The number of ether oxygens (including phenoxy) is 1. The summed E-state index contributed by atoms with van der Waals surface area (Å²) in [4.78, 5) is 37.0. The van der Waals surface area contributed by atoms with Crippen LogP contribution in [0.2, 0.25) is 0 Å². The number of aryl methyl sites for hydroxylation is 1. The van der Waals surface area contributed by atoms with Crippen LogP contribution in [0.25, 0.3) is 0 Å². The van der Waals surface area contributed by atoms with Crippen molar-refractivity contribution in [2.24, 2.45) is 5.92 Å². The zero-order valence-electron chi connectivity index (χ0n) is 15.3. The van der Waals surface area contributed by atoms with Crippen LogP contribution < -0.4 is 5.32 Å². The summed E-state index contributed by atoms with van der Waals surface area (Å²) >= 11 is 0. The highest BCUT2D eigenvalue weighted by atomic mass is 16.5. The molecule has 2 aliphatic heterocycles. The number of nitrogens with zero attached hydrogens (tertiary/aromatic N) is 4. The van der Waals surface area contributed by atoms with Crippen LogP contribution in [0.1, 0.15) is 29.0 Å². The number of rotatable bonds is 4. The number of likely N-dealkylation sites (tertiary alicyclic amines) is 1. The highest BCUT2D eigenvalue weighted by Crippen LogP contribution is 2.36. The van der Waals surface area contributed by atoms with E-state index in [-0.39, 0.29) is 23.5 Å². The molecule has 1 aliphatic carbocycles. The van der Waals surface area contributed by atoms with E-state index in [4.69, 9.17) is 4.74 Å². The molecular formula is C18H25N5O3. The summed E-state index contributed by atoms with van der Waals surface area (Å²) in [5.41, 5.74) is 0.778. The average Bonchev–Trinajstić information content (AvgIpc) is 3.43. The Labute approximate surface area is 152 Å². The van der Waals surface area contributed by atoms with E-state index in [2.05, 4.69) is 20.2 Å². The molecule has 1 N–H and O–H groups in total. The molecule has 8 nitrogen and oxygen atoms in total. The van der Waals surface area contributed by atoms with Crippen LogP contribution in [0.15, 0.2) is 12.4 Å². The molecule has 1 saturated carbocycles. The number of likely N-dealkylation sites (N-methyl/N-ethyl adjacent to an activating group) is 1. The van der Waals surface area contributed by atoms with Crippen molar-refractivity contribution in [1.82, 2.24) is 25.1 Å². The van der Waals surface area contributed by atoms with Crippen molar-refractivity contribution in [3.05, 3.63) is 23.8 Å². The molecule has 0 bridgehead atoms. The molecule has 0 aromatic carbocycles. The fourth-order valence-electron chi connectivity index (χ4n) is 3.77. The molecule has 1 spiro atoms. The van der Waals surface area contributed by atoms with Crippen LogP contribution in [0.4, 0.5) is 0 Å². The predicted octanol–water partition coefficient (Wildman–Crippen LogP) is -0.164. The summed E-state index contributed by atoms with van der Waals surface area (Å²) in [7, 11) is 1.66. The molecule has 4 rings (SSSR count). The van der Waals surface area contributed by atoms with Crippen molar-refractivity contribution in [1.29, 1.82) is 0 Å². The summed E-state index contributed by atoms with van der Waals surface area (Å²) in [6, 6.07) is -0.237. The second kappa shape index (κ2) is 6.59. The number of amides is 2. The largest absolute Gasteiger partial charge is 0.368 e. The predicted molar refractivity (Wildman–Crippen MR) is 93.5 cm³/mol. The Morgan fingerprint density at radius 1 is 1.27 bits per heavy atom. The SMILES string of the molecule is CNC(=O)[C@@H]1COC2(CN(C(=O)c3cnc(C)cn3)C2)CN1CC1CC1. The third kappa shape index (κ3) is 3.31. The molecule has 26 heavy (non-hydrogen) atoms. The van der Waals surface area contributed by atoms with Crippen molar-refractivity contribution in [3.8, 4) is 0 Å². The molecule has 2 saturated heterocycles. The van der Waals surface area contributed by atoms with E-state index < -0.39 is 0 Å². The molecule has 1 aromatic rings. The zero-order chi connectivity index (χ0) is 18.3. The zero-order valence-corrected chi connectivity index (χ0v) is 15.3. The molecule has 3 heterocycles. The minimum atomic E-state index is -0.368. The van der Waals surface area contributed by atoms with E-state index >= 15 is 0 Å². The van der Waals surface area contributed by atoms with E-state index in [9.17, 15) is 9.59 Å². The Hall–Kier alpha value is -2.06. The fraction of sp³-hybridized carbons (Fsp3) is 0.667. The minimum Gasteiger partial charge on any atom is -0.368 e. The first-order valence-corrected chi connectivity index (χ1v) is 9.17. The van der Waals surface area contributed by atoms with Gasteiger partial charge in [-0.1, -0.05) is 0 Å². The first kappa shape index (κ1) is 17.4. The molecule has 0 radical (unpaired) electrons. The maximum Gasteiger partial charge on any atom is 0.274 e. The normalized spacial score (nSPS) is 25.0. The van der Waals surface area contributed by atoms with Gasteiger partial charge >= 0.3 is 0 Å². The number of morpholine rings is 1. The molecule has 3 aliphatic rings. The van der Waals surface area contributed by atoms with Gasteiger partial charge in [0, 0.05) is 26.3 Å². The quantitative estimate of drug-likeness (QED) is 0.804. The van der Waals surface area contributed by atoms with Gasteiger partial charge in [-0.15, -0.1) is 0 Å². The van der Waals surface area contributed by atoms with Gasteiger partial charge in [0.05, 0.1) is 31.6 Å². The van der Waals surface area contributed by atoms with Crippen LogP contribution in [-0.2, 0) is 9.53 Å². The Bertz CT molecular complexity index is 697. The summed E-state index contributed by atoms with van der Waals surface area (Å²) in [5, 5.41) is 2.73. The second-order valence-electron chi connectivity index (χ2n) is 7.70.